The topological polar surface area (TPSA) is 105 Å². The third-order valence-electron chi connectivity index (χ3n) is 4.72. The quantitative estimate of drug-likeness (QED) is 0.533. The highest BCUT2D eigenvalue weighted by atomic mass is 16.3. The van der Waals surface area contributed by atoms with Crippen molar-refractivity contribution in [1.82, 2.24) is 20.5 Å². The first kappa shape index (κ1) is 22.5. The summed E-state index contributed by atoms with van der Waals surface area (Å²) in [6.45, 7) is 0.609. The molecule has 0 fully saturated rings. The molecular weight excluding hydrogens is 408 g/mol. The van der Waals surface area contributed by atoms with Crippen molar-refractivity contribution in [2.75, 3.05) is 14.1 Å². The summed E-state index contributed by atoms with van der Waals surface area (Å²) in [4.78, 5) is 42.2. The average Bonchev–Trinajstić information content (AvgIpc) is 3.35. The Morgan fingerprint density at radius 1 is 0.969 bits per heavy atom. The standard InChI is InChI=1S/C24H24N4O4/c1-25-23(30)19-8-5-17(6-9-19)15-28(16-21-4-3-11-32-21)22(29)10-7-18-12-20(14-27-13-18)24(31)26-2/h3-14H,15-16H2,1-2H3,(H,25,30)(H,26,31)/b10-7+. The van der Waals surface area contributed by atoms with E-state index in [4.69, 9.17) is 4.42 Å². The second-order valence-corrected chi connectivity index (χ2v) is 6.97. The third kappa shape index (κ3) is 5.91. The van der Waals surface area contributed by atoms with Crippen LogP contribution >= 0.6 is 0 Å². The van der Waals surface area contributed by atoms with Crippen LogP contribution in [0.25, 0.3) is 6.08 Å². The molecule has 2 heterocycles. The molecule has 1 aromatic carbocycles. The molecule has 0 atom stereocenters. The highest BCUT2D eigenvalue weighted by Gasteiger charge is 2.14. The molecule has 0 aliphatic heterocycles. The van der Waals surface area contributed by atoms with Crippen LogP contribution in [0, 0.1) is 0 Å². The molecule has 0 unspecified atom stereocenters. The van der Waals surface area contributed by atoms with Crippen molar-refractivity contribution < 1.29 is 18.8 Å². The van der Waals surface area contributed by atoms with Gasteiger partial charge in [-0.3, -0.25) is 19.4 Å². The largest absolute Gasteiger partial charge is 0.467 e. The number of pyridine rings is 1. The summed E-state index contributed by atoms with van der Waals surface area (Å²) in [5.74, 6) is -0.00606. The van der Waals surface area contributed by atoms with Crippen molar-refractivity contribution in [2.24, 2.45) is 0 Å². The molecule has 0 saturated carbocycles. The second kappa shape index (κ2) is 10.7. The maximum absolute atomic E-state index is 13.0. The Hall–Kier alpha value is -4.20. The van der Waals surface area contributed by atoms with Gasteiger partial charge in [0, 0.05) is 44.7 Å². The number of nitrogens with zero attached hydrogens (tertiary/aromatic N) is 2. The van der Waals surface area contributed by atoms with Gasteiger partial charge in [0.25, 0.3) is 11.8 Å². The number of carbonyl (C=O) groups is 3. The fourth-order valence-corrected chi connectivity index (χ4v) is 3.02. The van der Waals surface area contributed by atoms with Crippen LogP contribution < -0.4 is 10.6 Å². The van der Waals surface area contributed by atoms with Crippen LogP contribution in [-0.2, 0) is 17.9 Å². The van der Waals surface area contributed by atoms with E-state index in [1.54, 1.807) is 67.9 Å². The lowest BCUT2D eigenvalue weighted by Crippen LogP contribution is -2.28. The number of furan rings is 1. The minimum absolute atomic E-state index is 0.171. The van der Waals surface area contributed by atoms with Crippen LogP contribution in [0.15, 0.2) is 71.6 Å². The zero-order valence-corrected chi connectivity index (χ0v) is 17.9. The highest BCUT2D eigenvalue weighted by Crippen LogP contribution is 2.14. The molecule has 0 saturated heterocycles. The fraction of sp³-hybridized carbons (Fsp3) is 0.167. The highest BCUT2D eigenvalue weighted by molar-refractivity contribution is 5.95. The van der Waals surface area contributed by atoms with E-state index in [1.165, 1.54) is 12.3 Å². The minimum atomic E-state index is -0.251. The van der Waals surface area contributed by atoms with Gasteiger partial charge in [-0.1, -0.05) is 12.1 Å². The van der Waals surface area contributed by atoms with Crippen molar-refractivity contribution in [2.45, 2.75) is 13.1 Å². The fourth-order valence-electron chi connectivity index (χ4n) is 3.02. The summed E-state index contributed by atoms with van der Waals surface area (Å²) in [6, 6.07) is 12.3. The molecule has 8 nitrogen and oxygen atoms in total. The van der Waals surface area contributed by atoms with Gasteiger partial charge < -0.3 is 20.0 Å². The molecule has 0 bridgehead atoms. The second-order valence-electron chi connectivity index (χ2n) is 6.97. The Labute approximate surface area is 185 Å². The predicted octanol–water partition coefficient (Wildman–Crippen LogP) is 2.64. The first-order valence-electron chi connectivity index (χ1n) is 9.97. The molecule has 164 valence electrons. The molecule has 3 rings (SSSR count). The summed E-state index contributed by atoms with van der Waals surface area (Å²) in [5.41, 5.74) is 2.45. The number of rotatable bonds is 8. The summed E-state index contributed by atoms with van der Waals surface area (Å²) in [5, 5.41) is 5.13. The van der Waals surface area contributed by atoms with Crippen LogP contribution in [0.1, 0.15) is 37.6 Å². The van der Waals surface area contributed by atoms with Crippen molar-refractivity contribution in [3.05, 3.63) is 95.2 Å². The zero-order valence-electron chi connectivity index (χ0n) is 17.9. The molecule has 0 spiro atoms. The zero-order chi connectivity index (χ0) is 22.9. The van der Waals surface area contributed by atoms with Crippen LogP contribution in [0.2, 0.25) is 0 Å². The number of hydrogen-bond donors (Lipinski definition) is 2. The van der Waals surface area contributed by atoms with Gasteiger partial charge >= 0.3 is 0 Å². The van der Waals surface area contributed by atoms with E-state index in [1.807, 2.05) is 12.1 Å². The number of benzene rings is 1. The third-order valence-corrected chi connectivity index (χ3v) is 4.72. The number of hydrogen-bond acceptors (Lipinski definition) is 5. The summed E-state index contributed by atoms with van der Waals surface area (Å²) in [7, 11) is 3.12. The molecule has 0 aliphatic carbocycles. The van der Waals surface area contributed by atoms with Gasteiger partial charge in [-0.25, -0.2) is 0 Å². The van der Waals surface area contributed by atoms with E-state index in [0.29, 0.717) is 29.0 Å². The molecule has 0 aliphatic rings. The van der Waals surface area contributed by atoms with Gasteiger partial charge in [-0.15, -0.1) is 0 Å². The van der Waals surface area contributed by atoms with E-state index < -0.39 is 0 Å². The summed E-state index contributed by atoms with van der Waals surface area (Å²) < 4.78 is 5.41. The molecule has 2 aromatic heterocycles. The van der Waals surface area contributed by atoms with Crippen molar-refractivity contribution >= 4 is 23.8 Å². The molecule has 0 radical (unpaired) electrons. The number of amides is 3. The van der Waals surface area contributed by atoms with Crippen LogP contribution in [0.3, 0.4) is 0 Å². The van der Waals surface area contributed by atoms with E-state index >= 15 is 0 Å². The number of aromatic nitrogens is 1. The Morgan fingerprint density at radius 3 is 2.34 bits per heavy atom. The lowest BCUT2D eigenvalue weighted by Gasteiger charge is -2.20. The van der Waals surface area contributed by atoms with Crippen LogP contribution in [0.5, 0.6) is 0 Å². The molecule has 2 N–H and O–H groups in total. The monoisotopic (exact) mass is 432 g/mol. The maximum atomic E-state index is 13.0. The maximum Gasteiger partial charge on any atom is 0.252 e. The van der Waals surface area contributed by atoms with E-state index in [2.05, 4.69) is 15.6 Å². The van der Waals surface area contributed by atoms with Gasteiger partial charge in [-0.2, -0.15) is 0 Å². The smallest absolute Gasteiger partial charge is 0.252 e. The molecule has 3 aromatic rings. The molecular formula is C24H24N4O4. The van der Waals surface area contributed by atoms with Crippen LogP contribution in [0.4, 0.5) is 0 Å². The molecule has 32 heavy (non-hydrogen) atoms. The average molecular weight is 432 g/mol. The first-order chi connectivity index (χ1) is 15.5. The van der Waals surface area contributed by atoms with Gasteiger partial charge in [-0.05, 0) is 47.5 Å². The predicted molar refractivity (Wildman–Crippen MR) is 119 cm³/mol. The first-order valence-corrected chi connectivity index (χ1v) is 9.97. The number of carbonyl (C=O) groups excluding carboxylic acids is 3. The van der Waals surface area contributed by atoms with E-state index in [9.17, 15) is 14.4 Å². The Kier molecular flexibility index (Phi) is 7.53. The Balaban J connectivity index is 1.77. The van der Waals surface area contributed by atoms with Gasteiger partial charge in [0.2, 0.25) is 5.91 Å². The summed E-state index contributed by atoms with van der Waals surface area (Å²) in [6.07, 6.45) is 7.65. The van der Waals surface area contributed by atoms with E-state index in [0.717, 1.165) is 5.56 Å². The van der Waals surface area contributed by atoms with Crippen molar-refractivity contribution in [3.8, 4) is 0 Å². The SMILES string of the molecule is CNC(=O)c1ccc(CN(Cc2ccco2)C(=O)/C=C/c2cncc(C(=O)NC)c2)cc1. The lowest BCUT2D eigenvalue weighted by atomic mass is 10.1. The van der Waals surface area contributed by atoms with Crippen LogP contribution in [-0.4, -0.2) is 41.7 Å². The molecule has 8 heteroatoms. The van der Waals surface area contributed by atoms with E-state index in [-0.39, 0.29) is 24.3 Å². The van der Waals surface area contributed by atoms with Gasteiger partial charge in [0.15, 0.2) is 0 Å². The van der Waals surface area contributed by atoms with Gasteiger partial charge in [0.1, 0.15) is 5.76 Å². The van der Waals surface area contributed by atoms with Crippen molar-refractivity contribution in [3.63, 3.8) is 0 Å². The van der Waals surface area contributed by atoms with Gasteiger partial charge in [0.05, 0.1) is 18.4 Å². The van der Waals surface area contributed by atoms with Crippen molar-refractivity contribution in [1.29, 1.82) is 0 Å². The lowest BCUT2D eigenvalue weighted by molar-refractivity contribution is -0.127. The normalized spacial score (nSPS) is 10.7. The molecule has 3 amide bonds. The summed E-state index contributed by atoms with van der Waals surface area (Å²) >= 11 is 0. The minimum Gasteiger partial charge on any atom is -0.467 e. The Bertz CT molecular complexity index is 1110. The Morgan fingerprint density at radius 2 is 1.69 bits per heavy atom. The number of nitrogens with one attached hydrogen (secondary N) is 2.